The first kappa shape index (κ1) is 25.8. The van der Waals surface area contributed by atoms with Crippen molar-refractivity contribution in [1.82, 2.24) is 10.2 Å². The topological polar surface area (TPSA) is 58.6 Å². The van der Waals surface area contributed by atoms with Gasteiger partial charge < -0.3 is 15.0 Å². The second-order valence-electron chi connectivity index (χ2n) is 8.97. The van der Waals surface area contributed by atoms with Gasteiger partial charge in [-0.25, -0.2) is 4.39 Å². The van der Waals surface area contributed by atoms with E-state index >= 15 is 0 Å². The molecule has 2 aromatic carbocycles. The van der Waals surface area contributed by atoms with Crippen LogP contribution in [0.25, 0.3) is 0 Å². The second kappa shape index (κ2) is 10.9. The van der Waals surface area contributed by atoms with Crippen molar-refractivity contribution in [3.05, 3.63) is 63.4 Å². The van der Waals surface area contributed by atoms with Crippen molar-refractivity contribution in [1.29, 1.82) is 0 Å². The second-order valence-corrected chi connectivity index (χ2v) is 9.76. The summed E-state index contributed by atoms with van der Waals surface area (Å²) in [5, 5.41) is 2.96. The van der Waals surface area contributed by atoms with Crippen molar-refractivity contribution in [2.24, 2.45) is 0 Å². The molecular weight excluding hydrogens is 475 g/mol. The average molecular weight is 507 g/mol. The smallest absolute Gasteiger partial charge is 0.261 e. The molecule has 0 bridgehead atoms. The Morgan fingerprint density at radius 1 is 1.12 bits per heavy atom. The Morgan fingerprint density at radius 2 is 1.69 bits per heavy atom. The minimum Gasteiger partial charge on any atom is -0.484 e. The highest BCUT2D eigenvalue weighted by Gasteiger charge is 2.31. The lowest BCUT2D eigenvalue weighted by atomic mass is 10.1. The van der Waals surface area contributed by atoms with Crippen LogP contribution in [0.15, 0.2) is 40.9 Å². The molecule has 0 unspecified atom stereocenters. The number of benzene rings is 2. The SMILES string of the molecule is CC[C@H](C(=O)NC(C)(C)C)N(Cc1ccc(F)cc1)C(=O)COc1cc(C)c(Br)c(C)c1. The molecule has 0 aliphatic carbocycles. The third-order valence-electron chi connectivity index (χ3n) is 4.92. The fraction of sp³-hybridized carbons (Fsp3) is 0.440. The van der Waals surface area contributed by atoms with Gasteiger partial charge in [0.05, 0.1) is 0 Å². The van der Waals surface area contributed by atoms with E-state index in [1.165, 1.54) is 17.0 Å². The van der Waals surface area contributed by atoms with Crippen LogP contribution in [0.5, 0.6) is 5.75 Å². The fourth-order valence-electron chi connectivity index (χ4n) is 3.38. The first-order chi connectivity index (χ1) is 14.9. The molecule has 0 aliphatic rings. The van der Waals surface area contributed by atoms with E-state index in [0.29, 0.717) is 12.2 Å². The fourth-order valence-corrected chi connectivity index (χ4v) is 3.61. The zero-order chi connectivity index (χ0) is 24.1. The van der Waals surface area contributed by atoms with Crippen LogP contribution in [0, 0.1) is 19.7 Å². The molecule has 0 radical (unpaired) electrons. The maximum absolute atomic E-state index is 13.4. The van der Waals surface area contributed by atoms with Crippen molar-refractivity contribution in [3.8, 4) is 5.75 Å². The van der Waals surface area contributed by atoms with Gasteiger partial charge in [0.25, 0.3) is 5.91 Å². The predicted octanol–water partition coefficient (Wildman–Crippen LogP) is 5.31. The number of ether oxygens (including phenoxy) is 1. The largest absolute Gasteiger partial charge is 0.484 e. The van der Waals surface area contributed by atoms with E-state index < -0.39 is 11.6 Å². The van der Waals surface area contributed by atoms with Crippen LogP contribution < -0.4 is 10.1 Å². The Hall–Kier alpha value is -2.41. The average Bonchev–Trinajstić information content (AvgIpc) is 2.70. The van der Waals surface area contributed by atoms with E-state index in [9.17, 15) is 14.0 Å². The van der Waals surface area contributed by atoms with Crippen LogP contribution in [0.2, 0.25) is 0 Å². The van der Waals surface area contributed by atoms with Crippen molar-refractivity contribution in [2.75, 3.05) is 6.61 Å². The summed E-state index contributed by atoms with van der Waals surface area (Å²) in [6.45, 7) is 11.4. The Kier molecular flexibility index (Phi) is 8.84. The van der Waals surface area contributed by atoms with Gasteiger partial charge in [-0.05, 0) is 82.0 Å². The highest BCUT2D eigenvalue weighted by atomic mass is 79.9. The van der Waals surface area contributed by atoms with E-state index in [4.69, 9.17) is 4.74 Å². The Bertz CT molecular complexity index is 932. The number of amides is 2. The van der Waals surface area contributed by atoms with Crippen LogP contribution in [-0.2, 0) is 16.1 Å². The zero-order valence-electron chi connectivity index (χ0n) is 19.6. The molecule has 7 heteroatoms. The highest BCUT2D eigenvalue weighted by molar-refractivity contribution is 9.10. The standard InChI is InChI=1S/C25H32BrFN2O3/c1-7-21(24(31)28-25(4,5)6)29(14-18-8-10-19(27)11-9-18)22(30)15-32-20-12-16(2)23(26)17(3)13-20/h8-13,21H,7,14-15H2,1-6H3,(H,28,31)/t21-/m1/s1. The summed E-state index contributed by atoms with van der Waals surface area (Å²) in [4.78, 5) is 27.7. The molecular formula is C25H32BrFN2O3. The van der Waals surface area contributed by atoms with Gasteiger partial charge in [0, 0.05) is 16.6 Å². The van der Waals surface area contributed by atoms with E-state index in [1.54, 1.807) is 12.1 Å². The third-order valence-corrected chi connectivity index (χ3v) is 6.17. The van der Waals surface area contributed by atoms with Gasteiger partial charge >= 0.3 is 0 Å². The molecule has 174 valence electrons. The summed E-state index contributed by atoms with van der Waals surface area (Å²) in [6, 6.07) is 8.97. The number of hydrogen-bond donors (Lipinski definition) is 1. The van der Waals surface area contributed by atoms with E-state index in [1.807, 2.05) is 53.7 Å². The number of halogens is 2. The maximum atomic E-state index is 13.4. The van der Waals surface area contributed by atoms with Gasteiger partial charge in [0.2, 0.25) is 5.91 Å². The predicted molar refractivity (Wildman–Crippen MR) is 128 cm³/mol. The van der Waals surface area contributed by atoms with Gasteiger partial charge in [-0.15, -0.1) is 0 Å². The van der Waals surface area contributed by atoms with Crippen molar-refractivity contribution >= 4 is 27.7 Å². The Morgan fingerprint density at radius 3 is 2.19 bits per heavy atom. The molecule has 0 fully saturated rings. The maximum Gasteiger partial charge on any atom is 0.261 e. The summed E-state index contributed by atoms with van der Waals surface area (Å²) >= 11 is 3.52. The minimum atomic E-state index is -0.677. The molecule has 0 heterocycles. The molecule has 2 amide bonds. The summed E-state index contributed by atoms with van der Waals surface area (Å²) in [5.74, 6) is -0.312. The molecule has 1 atom stereocenters. The number of rotatable bonds is 8. The Labute approximate surface area is 198 Å². The van der Waals surface area contributed by atoms with Crippen LogP contribution in [0.4, 0.5) is 4.39 Å². The lowest BCUT2D eigenvalue weighted by molar-refractivity contribution is -0.143. The first-order valence-electron chi connectivity index (χ1n) is 10.7. The van der Waals surface area contributed by atoms with Gasteiger partial charge in [0.1, 0.15) is 17.6 Å². The molecule has 2 aromatic rings. The van der Waals surface area contributed by atoms with Gasteiger partial charge in [-0.2, -0.15) is 0 Å². The first-order valence-corrected chi connectivity index (χ1v) is 11.5. The highest BCUT2D eigenvalue weighted by Crippen LogP contribution is 2.26. The van der Waals surface area contributed by atoms with E-state index in [2.05, 4.69) is 21.2 Å². The normalized spacial score (nSPS) is 12.2. The number of nitrogens with zero attached hydrogens (tertiary/aromatic N) is 1. The molecule has 32 heavy (non-hydrogen) atoms. The lowest BCUT2D eigenvalue weighted by Crippen LogP contribution is -2.54. The zero-order valence-corrected chi connectivity index (χ0v) is 21.2. The number of carbonyl (C=O) groups is 2. The monoisotopic (exact) mass is 506 g/mol. The molecule has 0 aromatic heterocycles. The van der Waals surface area contributed by atoms with Gasteiger partial charge in [0.15, 0.2) is 6.61 Å². The third kappa shape index (κ3) is 7.33. The minimum absolute atomic E-state index is 0.178. The molecule has 0 saturated heterocycles. The van der Waals surface area contributed by atoms with Crippen molar-refractivity contribution in [3.63, 3.8) is 0 Å². The van der Waals surface area contributed by atoms with Crippen LogP contribution in [0.3, 0.4) is 0 Å². The molecule has 5 nitrogen and oxygen atoms in total. The quantitative estimate of drug-likeness (QED) is 0.527. The number of aryl methyl sites for hydroxylation is 2. The Balaban J connectivity index is 2.26. The van der Waals surface area contributed by atoms with Crippen molar-refractivity contribution in [2.45, 2.75) is 66.1 Å². The molecule has 2 rings (SSSR count). The van der Waals surface area contributed by atoms with Crippen molar-refractivity contribution < 1.29 is 18.7 Å². The van der Waals surface area contributed by atoms with E-state index in [-0.39, 0.29) is 30.8 Å². The van der Waals surface area contributed by atoms with Crippen LogP contribution >= 0.6 is 15.9 Å². The summed E-state index contributed by atoms with van der Waals surface area (Å²) in [5.41, 5.74) is 2.31. The molecule has 0 spiro atoms. The number of carbonyl (C=O) groups excluding carboxylic acids is 2. The van der Waals surface area contributed by atoms with Crippen LogP contribution in [-0.4, -0.2) is 34.9 Å². The van der Waals surface area contributed by atoms with Gasteiger partial charge in [-0.1, -0.05) is 35.0 Å². The lowest BCUT2D eigenvalue weighted by Gasteiger charge is -2.33. The molecule has 0 aliphatic heterocycles. The number of nitrogens with one attached hydrogen (secondary N) is 1. The number of hydrogen-bond acceptors (Lipinski definition) is 3. The van der Waals surface area contributed by atoms with Gasteiger partial charge in [-0.3, -0.25) is 9.59 Å². The summed E-state index contributed by atoms with van der Waals surface area (Å²) < 4.78 is 20.1. The van der Waals surface area contributed by atoms with Crippen LogP contribution in [0.1, 0.15) is 50.8 Å². The molecule has 1 N–H and O–H groups in total. The summed E-state index contributed by atoms with van der Waals surface area (Å²) in [6.07, 6.45) is 0.436. The van der Waals surface area contributed by atoms with E-state index in [0.717, 1.165) is 21.2 Å². The molecule has 0 saturated carbocycles. The summed E-state index contributed by atoms with van der Waals surface area (Å²) in [7, 11) is 0.